The average molecular weight is 429 g/mol. The van der Waals surface area contributed by atoms with E-state index in [1.165, 1.54) is 7.05 Å². The maximum absolute atomic E-state index is 6.10. The van der Waals surface area contributed by atoms with Gasteiger partial charge in [0.15, 0.2) is 5.82 Å². The Labute approximate surface area is 185 Å². The molecule has 0 saturated carbocycles. The van der Waals surface area contributed by atoms with Gasteiger partial charge in [-0.3, -0.25) is 10.1 Å². The smallest absolute Gasteiger partial charge is 0.200 e. The van der Waals surface area contributed by atoms with Crippen LogP contribution in [0.3, 0.4) is 0 Å². The minimum Gasteiger partial charge on any atom is -0.333 e. The van der Waals surface area contributed by atoms with Gasteiger partial charge in [-0.1, -0.05) is 54.1 Å². The summed E-state index contributed by atoms with van der Waals surface area (Å²) in [5, 5.41) is 8.78. The molecule has 0 spiro atoms. The third-order valence-corrected chi connectivity index (χ3v) is 5.01. The summed E-state index contributed by atoms with van der Waals surface area (Å²) in [6, 6.07) is 22.0. The molecule has 2 aromatic carbocycles. The monoisotopic (exact) mass is 428 g/mol. The second-order valence-electron chi connectivity index (χ2n) is 6.73. The van der Waals surface area contributed by atoms with E-state index in [0.717, 1.165) is 39.1 Å². The molecule has 6 nitrogen and oxygen atoms in total. The zero-order valence-electron chi connectivity index (χ0n) is 17.2. The van der Waals surface area contributed by atoms with Crippen molar-refractivity contribution in [1.82, 2.24) is 25.1 Å². The molecule has 0 atom stereocenters. The lowest BCUT2D eigenvalue weighted by molar-refractivity contribution is 1.04. The van der Waals surface area contributed by atoms with Crippen LogP contribution < -0.4 is 5.73 Å². The first kappa shape index (κ1) is 20.7. The van der Waals surface area contributed by atoms with Crippen molar-refractivity contribution < 1.29 is 0 Å². The third-order valence-electron chi connectivity index (χ3n) is 4.75. The summed E-state index contributed by atoms with van der Waals surface area (Å²) >= 11 is 6.10. The van der Waals surface area contributed by atoms with E-state index >= 15 is 0 Å². The number of aromatic nitrogens is 5. The lowest BCUT2D eigenvalue weighted by Crippen LogP contribution is -1.95. The molecule has 3 aromatic heterocycles. The van der Waals surface area contributed by atoms with Gasteiger partial charge in [-0.15, -0.1) is 0 Å². The van der Waals surface area contributed by atoms with E-state index in [1.807, 2.05) is 55.5 Å². The number of nitrogens with one attached hydrogen (secondary N) is 1. The summed E-state index contributed by atoms with van der Waals surface area (Å²) in [5.41, 5.74) is 10.0. The van der Waals surface area contributed by atoms with Crippen molar-refractivity contribution >= 4 is 22.5 Å². The topological polar surface area (TPSA) is 93.4 Å². The zero-order chi connectivity index (χ0) is 21.8. The minimum absolute atomic E-state index is 0.563. The predicted octanol–water partition coefficient (Wildman–Crippen LogP) is 5.29. The second kappa shape index (κ2) is 9.04. The molecule has 0 aliphatic rings. The highest BCUT2D eigenvalue weighted by Gasteiger charge is 2.16. The molecule has 0 bridgehead atoms. The largest absolute Gasteiger partial charge is 0.333 e. The highest BCUT2D eigenvalue weighted by molar-refractivity contribution is 6.30. The molecule has 0 amide bonds. The Bertz CT molecular complexity index is 1310. The molecule has 31 heavy (non-hydrogen) atoms. The van der Waals surface area contributed by atoms with Crippen LogP contribution in [0.15, 0.2) is 72.9 Å². The number of fused-ring (bicyclic) bond motifs is 1. The van der Waals surface area contributed by atoms with Gasteiger partial charge in [0, 0.05) is 27.7 Å². The van der Waals surface area contributed by atoms with E-state index in [0.29, 0.717) is 16.5 Å². The average Bonchev–Trinajstić information content (AvgIpc) is 3.26. The summed E-state index contributed by atoms with van der Waals surface area (Å²) in [7, 11) is 1.50. The Hall–Kier alpha value is -3.61. The van der Waals surface area contributed by atoms with E-state index < -0.39 is 0 Å². The maximum atomic E-state index is 6.10. The Morgan fingerprint density at radius 3 is 2.26 bits per heavy atom. The van der Waals surface area contributed by atoms with Gasteiger partial charge < -0.3 is 5.73 Å². The summed E-state index contributed by atoms with van der Waals surface area (Å²) in [4.78, 5) is 14.0. The number of rotatable bonds is 3. The van der Waals surface area contributed by atoms with Crippen molar-refractivity contribution in [2.45, 2.75) is 6.92 Å². The molecule has 5 aromatic rings. The highest BCUT2D eigenvalue weighted by Crippen LogP contribution is 2.35. The van der Waals surface area contributed by atoms with E-state index in [1.54, 1.807) is 6.20 Å². The quantitative estimate of drug-likeness (QED) is 0.407. The Morgan fingerprint density at radius 1 is 0.839 bits per heavy atom. The van der Waals surface area contributed by atoms with Crippen LogP contribution in [-0.4, -0.2) is 32.2 Å². The summed E-state index contributed by atoms with van der Waals surface area (Å²) in [6.45, 7) is 1.87. The molecule has 0 aliphatic carbocycles. The van der Waals surface area contributed by atoms with Crippen molar-refractivity contribution in [3.05, 3.63) is 83.8 Å². The number of aromatic amines is 1. The molecule has 0 unspecified atom stereocenters. The first-order chi connectivity index (χ1) is 15.2. The Morgan fingerprint density at radius 2 is 1.58 bits per heavy atom. The number of benzene rings is 2. The van der Waals surface area contributed by atoms with Gasteiger partial charge in [-0.05, 0) is 43.8 Å². The van der Waals surface area contributed by atoms with Crippen LogP contribution in [0.5, 0.6) is 0 Å². The third kappa shape index (κ3) is 4.17. The number of nitrogens with zero attached hydrogens (tertiary/aromatic N) is 4. The Kier molecular flexibility index (Phi) is 6.02. The molecule has 0 radical (unpaired) electrons. The van der Waals surface area contributed by atoms with Crippen LogP contribution >= 0.6 is 11.6 Å². The van der Waals surface area contributed by atoms with Crippen LogP contribution in [0.4, 0.5) is 0 Å². The van der Waals surface area contributed by atoms with E-state index in [-0.39, 0.29) is 0 Å². The van der Waals surface area contributed by atoms with Crippen molar-refractivity contribution in [2.24, 2.45) is 5.73 Å². The SMILES string of the molecule is CN.Cc1nc(-c2nccc3nc(-c4ccc(Cl)cc4)c(-c4ccccc4)cc23)n[nH]1. The molecule has 7 heteroatoms. The minimum atomic E-state index is 0.563. The molecular weight excluding hydrogens is 408 g/mol. The summed E-state index contributed by atoms with van der Waals surface area (Å²) in [6.07, 6.45) is 1.74. The van der Waals surface area contributed by atoms with Gasteiger partial charge >= 0.3 is 0 Å². The van der Waals surface area contributed by atoms with Crippen LogP contribution in [0.1, 0.15) is 5.82 Å². The van der Waals surface area contributed by atoms with E-state index in [9.17, 15) is 0 Å². The van der Waals surface area contributed by atoms with Crippen LogP contribution in [0.2, 0.25) is 5.02 Å². The van der Waals surface area contributed by atoms with Crippen LogP contribution in [0.25, 0.3) is 44.8 Å². The standard InChI is InChI=1S/C23H16ClN5.CH5N/c1-14-26-23(29-28-14)22-19-13-18(15-5-3-2-4-6-15)21(27-20(19)11-12-25-22)16-7-9-17(24)10-8-16;1-2/h2-13H,1H3,(H,26,28,29);2H2,1H3. The molecule has 154 valence electrons. The number of pyridine rings is 2. The van der Waals surface area contributed by atoms with Gasteiger partial charge in [-0.2, -0.15) is 5.10 Å². The normalized spacial score (nSPS) is 10.6. The van der Waals surface area contributed by atoms with Crippen molar-refractivity contribution in [3.63, 3.8) is 0 Å². The first-order valence-corrected chi connectivity index (χ1v) is 10.1. The summed E-state index contributed by atoms with van der Waals surface area (Å²) < 4.78 is 0. The van der Waals surface area contributed by atoms with E-state index in [4.69, 9.17) is 16.6 Å². The highest BCUT2D eigenvalue weighted by atomic mass is 35.5. The number of halogens is 1. The molecule has 5 rings (SSSR count). The van der Waals surface area contributed by atoms with Crippen molar-refractivity contribution in [3.8, 4) is 33.9 Å². The molecule has 0 aliphatic heterocycles. The van der Waals surface area contributed by atoms with Gasteiger partial charge in [0.05, 0.1) is 11.2 Å². The first-order valence-electron chi connectivity index (χ1n) is 9.77. The molecule has 3 N–H and O–H groups in total. The fourth-order valence-corrected chi connectivity index (χ4v) is 3.51. The van der Waals surface area contributed by atoms with Crippen molar-refractivity contribution in [2.75, 3.05) is 7.05 Å². The fraction of sp³-hybridized carbons (Fsp3) is 0.0833. The second-order valence-corrected chi connectivity index (χ2v) is 7.16. The van der Waals surface area contributed by atoms with Crippen molar-refractivity contribution in [1.29, 1.82) is 0 Å². The number of hydrogen-bond acceptors (Lipinski definition) is 5. The molecule has 3 heterocycles. The van der Waals surface area contributed by atoms with Gasteiger partial charge in [0.1, 0.15) is 11.5 Å². The van der Waals surface area contributed by atoms with E-state index in [2.05, 4.69) is 44.1 Å². The van der Waals surface area contributed by atoms with Crippen LogP contribution in [0, 0.1) is 6.92 Å². The lowest BCUT2D eigenvalue weighted by atomic mass is 9.97. The van der Waals surface area contributed by atoms with Gasteiger partial charge in [0.25, 0.3) is 0 Å². The lowest BCUT2D eigenvalue weighted by Gasteiger charge is -2.13. The number of aryl methyl sites for hydroxylation is 1. The number of hydrogen-bond donors (Lipinski definition) is 2. The summed E-state index contributed by atoms with van der Waals surface area (Å²) in [5.74, 6) is 1.31. The van der Waals surface area contributed by atoms with Gasteiger partial charge in [0.2, 0.25) is 0 Å². The molecule has 0 saturated heterocycles. The maximum Gasteiger partial charge on any atom is 0.200 e. The predicted molar refractivity (Wildman–Crippen MR) is 126 cm³/mol. The number of H-pyrrole nitrogens is 1. The zero-order valence-corrected chi connectivity index (χ0v) is 17.9. The van der Waals surface area contributed by atoms with Crippen LogP contribution in [-0.2, 0) is 0 Å². The van der Waals surface area contributed by atoms with Gasteiger partial charge in [-0.25, -0.2) is 9.97 Å². The molecular formula is C24H21ClN6. The Balaban J connectivity index is 0.00000112. The fourth-order valence-electron chi connectivity index (χ4n) is 3.39. The molecule has 0 fully saturated rings. The number of nitrogens with two attached hydrogens (primary N) is 1.